The number of nitrogens with zero attached hydrogens (tertiary/aromatic N) is 1. The van der Waals surface area contributed by atoms with Crippen molar-refractivity contribution in [2.45, 2.75) is 20.0 Å². The number of carboxylic acid groups (broad SMARTS) is 2. The molecule has 0 aliphatic heterocycles. The number of carbonyl (C=O) groups excluding carboxylic acids is 1. The molecule has 0 heterocycles. The molecule has 7 nitrogen and oxygen atoms in total. The van der Waals surface area contributed by atoms with E-state index in [1.807, 2.05) is 6.92 Å². The van der Waals surface area contributed by atoms with Crippen molar-refractivity contribution in [3.8, 4) is 5.75 Å². The Labute approximate surface area is 121 Å². The minimum absolute atomic E-state index is 0.451. The Morgan fingerprint density at radius 1 is 1.10 bits per heavy atom. The van der Waals surface area contributed by atoms with E-state index in [-0.39, 0.29) is 0 Å². The van der Waals surface area contributed by atoms with Crippen LogP contribution in [0.5, 0.6) is 5.75 Å². The Morgan fingerprint density at radius 3 is 2.00 bits per heavy atom. The highest BCUT2D eigenvalue weighted by Gasteiger charge is 2.25. The van der Waals surface area contributed by atoms with E-state index in [9.17, 15) is 14.4 Å². The predicted octanol–water partition coefficient (Wildman–Crippen LogP) is 0.760. The number of aliphatic carboxylic acids is 2. The first kappa shape index (κ1) is 16.5. The molecular weight excluding hydrogens is 278 g/mol. The number of carboxylic acids is 2. The van der Waals surface area contributed by atoms with E-state index in [0.717, 1.165) is 10.5 Å². The lowest BCUT2D eigenvalue weighted by atomic mass is 10.2. The van der Waals surface area contributed by atoms with Gasteiger partial charge in [0.15, 0.2) is 6.10 Å². The van der Waals surface area contributed by atoms with Crippen molar-refractivity contribution in [1.29, 1.82) is 0 Å². The second kappa shape index (κ2) is 7.28. The second-order valence-corrected chi connectivity index (χ2v) is 4.55. The van der Waals surface area contributed by atoms with Gasteiger partial charge in [-0.05, 0) is 26.0 Å². The lowest BCUT2D eigenvalue weighted by Crippen LogP contribution is -2.45. The normalized spacial score (nSPS) is 11.5. The van der Waals surface area contributed by atoms with Gasteiger partial charge in [0.25, 0.3) is 5.91 Å². The largest absolute Gasteiger partial charge is 0.481 e. The lowest BCUT2D eigenvalue weighted by Gasteiger charge is -2.23. The summed E-state index contributed by atoms with van der Waals surface area (Å²) < 4.78 is 5.40. The Kier molecular flexibility index (Phi) is 5.71. The first-order chi connectivity index (χ1) is 9.79. The van der Waals surface area contributed by atoms with Gasteiger partial charge in [0.05, 0.1) is 0 Å². The zero-order valence-corrected chi connectivity index (χ0v) is 11.8. The molecule has 2 N–H and O–H groups in total. The van der Waals surface area contributed by atoms with Gasteiger partial charge in [0, 0.05) is 0 Å². The van der Waals surface area contributed by atoms with Gasteiger partial charge in [0.1, 0.15) is 18.8 Å². The average molecular weight is 295 g/mol. The Hall–Kier alpha value is -2.57. The third-order valence-electron chi connectivity index (χ3n) is 2.65. The number of ether oxygens (including phenoxy) is 1. The fourth-order valence-corrected chi connectivity index (χ4v) is 1.67. The van der Waals surface area contributed by atoms with Crippen LogP contribution < -0.4 is 4.74 Å². The van der Waals surface area contributed by atoms with Crippen LogP contribution in [0.3, 0.4) is 0 Å². The number of rotatable bonds is 7. The highest BCUT2D eigenvalue weighted by molar-refractivity contribution is 5.87. The summed E-state index contributed by atoms with van der Waals surface area (Å²) in [7, 11) is 0. The predicted molar refractivity (Wildman–Crippen MR) is 73.1 cm³/mol. The minimum Gasteiger partial charge on any atom is -0.481 e. The number of aryl methyl sites for hydroxylation is 1. The Bertz CT molecular complexity index is 509. The molecule has 1 rings (SSSR count). The van der Waals surface area contributed by atoms with E-state index in [1.165, 1.54) is 6.92 Å². The van der Waals surface area contributed by atoms with Crippen LogP contribution in [0, 0.1) is 6.92 Å². The summed E-state index contributed by atoms with van der Waals surface area (Å²) in [5.74, 6) is -2.81. The molecule has 1 unspecified atom stereocenters. The van der Waals surface area contributed by atoms with Crippen LogP contribution in [-0.2, 0) is 14.4 Å². The fraction of sp³-hybridized carbons (Fsp3) is 0.357. The average Bonchev–Trinajstić information content (AvgIpc) is 2.38. The highest BCUT2D eigenvalue weighted by Crippen LogP contribution is 2.14. The molecule has 0 fully saturated rings. The van der Waals surface area contributed by atoms with Crippen molar-refractivity contribution in [3.05, 3.63) is 29.8 Å². The molecule has 0 saturated heterocycles. The number of benzene rings is 1. The number of hydrogen-bond donors (Lipinski definition) is 2. The maximum absolute atomic E-state index is 12.1. The van der Waals surface area contributed by atoms with Crippen LogP contribution in [0.25, 0.3) is 0 Å². The molecule has 114 valence electrons. The molecule has 0 aliphatic rings. The fourth-order valence-electron chi connectivity index (χ4n) is 1.67. The summed E-state index contributed by atoms with van der Waals surface area (Å²) in [6.07, 6.45) is -0.980. The van der Waals surface area contributed by atoms with Gasteiger partial charge < -0.3 is 19.8 Å². The zero-order valence-electron chi connectivity index (χ0n) is 11.8. The Balaban J connectivity index is 2.74. The van der Waals surface area contributed by atoms with Crippen LogP contribution in [-0.4, -0.2) is 52.2 Å². The number of amides is 1. The summed E-state index contributed by atoms with van der Waals surface area (Å²) in [5, 5.41) is 17.4. The molecule has 1 amide bonds. The van der Waals surface area contributed by atoms with Crippen LogP contribution in [0.2, 0.25) is 0 Å². The third kappa shape index (κ3) is 5.52. The van der Waals surface area contributed by atoms with E-state index in [0.29, 0.717) is 5.75 Å². The first-order valence-corrected chi connectivity index (χ1v) is 6.25. The smallest absolute Gasteiger partial charge is 0.323 e. The maximum atomic E-state index is 12.1. The monoisotopic (exact) mass is 295 g/mol. The van der Waals surface area contributed by atoms with Crippen molar-refractivity contribution in [3.63, 3.8) is 0 Å². The molecule has 0 spiro atoms. The standard InChI is InChI=1S/C14H17NO6/c1-9-3-5-11(6-4-9)21-10(2)14(20)15(7-12(16)17)8-13(18)19/h3-6,10H,7-8H2,1-2H3,(H,16,17)(H,18,19). The SMILES string of the molecule is Cc1ccc(OC(C)C(=O)N(CC(=O)O)CC(=O)O)cc1. The van der Waals surface area contributed by atoms with E-state index >= 15 is 0 Å². The van der Waals surface area contributed by atoms with Crippen LogP contribution in [0.4, 0.5) is 0 Å². The van der Waals surface area contributed by atoms with Crippen LogP contribution >= 0.6 is 0 Å². The molecule has 21 heavy (non-hydrogen) atoms. The minimum atomic E-state index is -1.29. The van der Waals surface area contributed by atoms with E-state index in [2.05, 4.69) is 0 Å². The molecule has 1 atom stereocenters. The molecule has 0 aliphatic carbocycles. The summed E-state index contributed by atoms with van der Waals surface area (Å²) in [6, 6.07) is 6.97. The van der Waals surface area contributed by atoms with Crippen molar-refractivity contribution in [2.24, 2.45) is 0 Å². The molecule has 0 bridgehead atoms. The van der Waals surface area contributed by atoms with Gasteiger partial charge in [-0.15, -0.1) is 0 Å². The van der Waals surface area contributed by atoms with Gasteiger partial charge in [-0.2, -0.15) is 0 Å². The first-order valence-electron chi connectivity index (χ1n) is 6.25. The van der Waals surface area contributed by atoms with Gasteiger partial charge >= 0.3 is 11.9 Å². The highest BCUT2D eigenvalue weighted by atomic mass is 16.5. The lowest BCUT2D eigenvalue weighted by molar-refractivity contribution is -0.152. The topological polar surface area (TPSA) is 104 Å². The molecule has 0 saturated carbocycles. The molecular formula is C14H17NO6. The molecule has 0 radical (unpaired) electrons. The Morgan fingerprint density at radius 2 is 1.57 bits per heavy atom. The van der Waals surface area contributed by atoms with Gasteiger partial charge in [0.2, 0.25) is 0 Å². The van der Waals surface area contributed by atoms with Gasteiger partial charge in [-0.1, -0.05) is 17.7 Å². The van der Waals surface area contributed by atoms with Crippen molar-refractivity contribution >= 4 is 17.8 Å². The molecule has 1 aromatic carbocycles. The van der Waals surface area contributed by atoms with E-state index in [4.69, 9.17) is 14.9 Å². The van der Waals surface area contributed by atoms with Crippen LogP contribution in [0.15, 0.2) is 24.3 Å². The van der Waals surface area contributed by atoms with Crippen LogP contribution in [0.1, 0.15) is 12.5 Å². The summed E-state index contributed by atoms with van der Waals surface area (Å²) in [6.45, 7) is 1.97. The van der Waals surface area contributed by atoms with Gasteiger partial charge in [-0.3, -0.25) is 14.4 Å². The maximum Gasteiger partial charge on any atom is 0.323 e. The summed E-state index contributed by atoms with van der Waals surface area (Å²) >= 11 is 0. The molecule has 1 aromatic rings. The van der Waals surface area contributed by atoms with Crippen molar-refractivity contribution < 1.29 is 29.3 Å². The number of hydrogen-bond acceptors (Lipinski definition) is 4. The summed E-state index contributed by atoms with van der Waals surface area (Å²) in [5.41, 5.74) is 1.03. The second-order valence-electron chi connectivity index (χ2n) is 4.55. The summed E-state index contributed by atoms with van der Waals surface area (Å²) in [4.78, 5) is 34.2. The van der Waals surface area contributed by atoms with Gasteiger partial charge in [-0.25, -0.2) is 0 Å². The van der Waals surface area contributed by atoms with E-state index < -0.39 is 37.0 Å². The van der Waals surface area contributed by atoms with Crippen molar-refractivity contribution in [1.82, 2.24) is 4.90 Å². The van der Waals surface area contributed by atoms with E-state index in [1.54, 1.807) is 24.3 Å². The quantitative estimate of drug-likeness (QED) is 0.769. The molecule has 7 heteroatoms. The third-order valence-corrected chi connectivity index (χ3v) is 2.65. The molecule has 0 aromatic heterocycles. The zero-order chi connectivity index (χ0) is 16.0. The van der Waals surface area contributed by atoms with Crippen molar-refractivity contribution in [2.75, 3.05) is 13.1 Å². The number of carbonyl (C=O) groups is 3.